The third kappa shape index (κ3) is 5.84. The number of benzene rings is 1. The number of hydrazine groups is 1. The molecule has 0 aliphatic carbocycles. The summed E-state index contributed by atoms with van der Waals surface area (Å²) in [4.78, 5) is 33.4. The fourth-order valence-electron chi connectivity index (χ4n) is 3.34. The molecular weight excluding hydrogens is 530 g/mol. The summed E-state index contributed by atoms with van der Waals surface area (Å²) in [6, 6.07) is 3.34. The summed E-state index contributed by atoms with van der Waals surface area (Å²) in [5.74, 6) is -2.24. The molecule has 1 atom stereocenters. The third-order valence-electron chi connectivity index (χ3n) is 5.04. The second-order valence-corrected chi connectivity index (χ2v) is 9.36. The fraction of sp³-hybridized carbons (Fsp3) is 0.174. The van der Waals surface area contributed by atoms with Gasteiger partial charge in [-0.05, 0) is 42.8 Å². The van der Waals surface area contributed by atoms with E-state index in [1.165, 1.54) is 49.8 Å². The minimum Gasteiger partial charge on any atom is -0.479 e. The lowest BCUT2D eigenvalue weighted by Crippen LogP contribution is -2.47. The van der Waals surface area contributed by atoms with Gasteiger partial charge in [0.05, 0.1) is 30.5 Å². The zero-order valence-corrected chi connectivity index (χ0v) is 21.1. The van der Waals surface area contributed by atoms with E-state index in [4.69, 9.17) is 20.9 Å². The Hall–Kier alpha value is -4.10. The van der Waals surface area contributed by atoms with Gasteiger partial charge < -0.3 is 14.6 Å². The SMILES string of the molecule is COc1cc(C(=O)NNC(=O)N[C@H](C)c2ncc(-c3cc(Cl)cc(F)c3-c3ncc(C)s3)cc2F)on1. The van der Waals surface area contributed by atoms with Gasteiger partial charge in [0.25, 0.3) is 5.88 Å². The van der Waals surface area contributed by atoms with E-state index in [1.807, 2.05) is 6.92 Å². The lowest BCUT2D eigenvalue weighted by atomic mass is 10.00. The summed E-state index contributed by atoms with van der Waals surface area (Å²) in [5.41, 5.74) is 4.93. The van der Waals surface area contributed by atoms with E-state index in [9.17, 15) is 14.0 Å². The molecule has 0 saturated carbocycles. The number of urea groups is 1. The summed E-state index contributed by atoms with van der Waals surface area (Å²) in [5, 5.41) is 6.48. The van der Waals surface area contributed by atoms with Crippen molar-refractivity contribution in [1.82, 2.24) is 31.3 Å². The Balaban J connectivity index is 1.48. The van der Waals surface area contributed by atoms with Crippen LogP contribution in [-0.4, -0.2) is 34.2 Å². The first-order valence-electron chi connectivity index (χ1n) is 10.6. The number of carbonyl (C=O) groups excluding carboxylic acids is 2. The number of carbonyl (C=O) groups is 2. The van der Waals surface area contributed by atoms with Crippen LogP contribution in [-0.2, 0) is 0 Å². The standard InChI is InChI=1S/C23H19ClF2N6O4S/c1-10-8-28-22(37-10)19-14(5-13(24)6-15(19)25)12-4-16(26)20(27-9-12)11(2)29-23(34)31-30-21(33)17-7-18(35-3)32-36-17/h4-9,11H,1-3H3,(H,30,33)(H2,29,31,34)/t11-/m1/s1. The molecule has 4 aromatic rings. The quantitative estimate of drug-likeness (QED) is 0.294. The molecule has 3 N–H and O–H groups in total. The zero-order valence-electron chi connectivity index (χ0n) is 19.6. The van der Waals surface area contributed by atoms with E-state index in [2.05, 4.69) is 31.3 Å². The Bertz CT molecular complexity index is 1480. The second-order valence-electron chi connectivity index (χ2n) is 7.69. The van der Waals surface area contributed by atoms with Crippen LogP contribution < -0.4 is 20.9 Å². The summed E-state index contributed by atoms with van der Waals surface area (Å²) >= 11 is 7.36. The van der Waals surface area contributed by atoms with Crippen molar-refractivity contribution in [3.63, 3.8) is 0 Å². The Morgan fingerprint density at radius 1 is 1.11 bits per heavy atom. The van der Waals surface area contributed by atoms with Crippen LogP contribution in [0.5, 0.6) is 5.88 Å². The van der Waals surface area contributed by atoms with Gasteiger partial charge in [0, 0.05) is 27.9 Å². The normalized spacial score (nSPS) is 11.6. The molecule has 1 aromatic carbocycles. The van der Waals surface area contributed by atoms with E-state index in [-0.39, 0.29) is 33.5 Å². The lowest BCUT2D eigenvalue weighted by molar-refractivity contribution is 0.0898. The van der Waals surface area contributed by atoms with Gasteiger partial charge in [-0.25, -0.2) is 24.0 Å². The molecule has 0 unspecified atom stereocenters. The Morgan fingerprint density at radius 2 is 1.89 bits per heavy atom. The molecule has 0 bridgehead atoms. The molecule has 3 amide bonds. The number of amides is 3. The van der Waals surface area contributed by atoms with Gasteiger partial charge in [0.2, 0.25) is 5.76 Å². The molecule has 192 valence electrons. The van der Waals surface area contributed by atoms with Crippen molar-refractivity contribution in [1.29, 1.82) is 0 Å². The maximum Gasteiger partial charge on any atom is 0.334 e. The molecule has 0 aliphatic rings. The maximum absolute atomic E-state index is 15.1. The van der Waals surface area contributed by atoms with E-state index in [0.29, 0.717) is 10.6 Å². The maximum atomic E-state index is 15.1. The van der Waals surface area contributed by atoms with Gasteiger partial charge >= 0.3 is 11.9 Å². The molecule has 0 aliphatic heterocycles. The van der Waals surface area contributed by atoms with Gasteiger partial charge in [0.15, 0.2) is 0 Å². The first-order valence-corrected chi connectivity index (χ1v) is 11.8. The number of aryl methyl sites for hydroxylation is 1. The van der Waals surface area contributed by atoms with Crippen molar-refractivity contribution in [3.8, 4) is 27.6 Å². The van der Waals surface area contributed by atoms with Crippen LogP contribution in [0.2, 0.25) is 5.02 Å². The van der Waals surface area contributed by atoms with E-state index >= 15 is 4.39 Å². The molecule has 0 radical (unpaired) electrons. The smallest absolute Gasteiger partial charge is 0.334 e. The van der Waals surface area contributed by atoms with Crippen molar-refractivity contribution in [2.75, 3.05) is 7.11 Å². The van der Waals surface area contributed by atoms with Crippen molar-refractivity contribution < 1.29 is 27.6 Å². The summed E-state index contributed by atoms with van der Waals surface area (Å²) in [6.07, 6.45) is 2.96. The highest BCUT2D eigenvalue weighted by Crippen LogP contribution is 2.38. The average molecular weight is 549 g/mol. The molecular formula is C23H19ClF2N6O4S. The van der Waals surface area contributed by atoms with Gasteiger partial charge in [0.1, 0.15) is 16.6 Å². The minimum atomic E-state index is -0.895. The number of rotatable bonds is 6. The Labute approximate surface area is 218 Å². The summed E-state index contributed by atoms with van der Waals surface area (Å²) in [6.45, 7) is 3.34. The third-order valence-corrected chi connectivity index (χ3v) is 6.19. The van der Waals surface area contributed by atoms with Crippen molar-refractivity contribution >= 4 is 34.9 Å². The molecule has 0 fully saturated rings. The first-order chi connectivity index (χ1) is 17.7. The Kier molecular flexibility index (Phi) is 7.64. The van der Waals surface area contributed by atoms with Crippen LogP contribution in [0.3, 0.4) is 0 Å². The second kappa shape index (κ2) is 10.9. The summed E-state index contributed by atoms with van der Waals surface area (Å²) in [7, 11) is 1.35. The molecule has 3 heterocycles. The Morgan fingerprint density at radius 3 is 2.54 bits per heavy atom. The zero-order chi connectivity index (χ0) is 26.7. The van der Waals surface area contributed by atoms with Crippen LogP contribution in [0.25, 0.3) is 21.7 Å². The van der Waals surface area contributed by atoms with Crippen LogP contribution in [0.15, 0.2) is 41.2 Å². The molecule has 4 rings (SSSR count). The van der Waals surface area contributed by atoms with Gasteiger partial charge in [-0.1, -0.05) is 11.6 Å². The predicted molar refractivity (Wildman–Crippen MR) is 131 cm³/mol. The van der Waals surface area contributed by atoms with Gasteiger partial charge in [-0.2, -0.15) is 0 Å². The highest BCUT2D eigenvalue weighted by molar-refractivity contribution is 7.15. The minimum absolute atomic E-state index is 0.0839. The number of pyridine rings is 1. The monoisotopic (exact) mass is 548 g/mol. The van der Waals surface area contributed by atoms with Crippen LogP contribution >= 0.6 is 22.9 Å². The number of nitrogens with one attached hydrogen (secondary N) is 3. The van der Waals surface area contributed by atoms with Gasteiger partial charge in [-0.3, -0.25) is 15.2 Å². The van der Waals surface area contributed by atoms with Crippen LogP contribution in [0.4, 0.5) is 13.6 Å². The van der Waals surface area contributed by atoms with Crippen molar-refractivity contribution in [2.45, 2.75) is 19.9 Å². The van der Waals surface area contributed by atoms with E-state index in [1.54, 1.807) is 6.20 Å². The highest BCUT2D eigenvalue weighted by Gasteiger charge is 2.21. The molecule has 3 aromatic heterocycles. The number of thiazole rings is 1. The molecule has 10 nitrogen and oxygen atoms in total. The van der Waals surface area contributed by atoms with Crippen molar-refractivity contribution in [2.24, 2.45) is 0 Å². The number of halogens is 3. The number of aromatic nitrogens is 3. The van der Waals surface area contributed by atoms with E-state index < -0.39 is 29.6 Å². The largest absolute Gasteiger partial charge is 0.479 e. The lowest BCUT2D eigenvalue weighted by Gasteiger charge is -2.16. The van der Waals surface area contributed by atoms with Gasteiger partial charge in [-0.15, -0.1) is 11.3 Å². The van der Waals surface area contributed by atoms with Crippen molar-refractivity contribution in [3.05, 3.63) is 69.6 Å². The number of hydrogen-bond acceptors (Lipinski definition) is 8. The number of nitrogens with zero attached hydrogens (tertiary/aromatic N) is 3. The topological polar surface area (TPSA) is 131 Å². The number of methoxy groups -OCH3 is 1. The van der Waals surface area contributed by atoms with E-state index in [0.717, 1.165) is 10.9 Å². The molecule has 37 heavy (non-hydrogen) atoms. The highest BCUT2D eigenvalue weighted by atomic mass is 35.5. The average Bonchev–Trinajstić information content (AvgIpc) is 3.51. The molecule has 0 spiro atoms. The first kappa shape index (κ1) is 26.0. The number of ether oxygens (including phenoxy) is 1. The summed E-state index contributed by atoms with van der Waals surface area (Å²) < 4.78 is 39.5. The van der Waals surface area contributed by atoms with Crippen LogP contribution in [0, 0.1) is 18.6 Å². The molecule has 14 heteroatoms. The molecule has 0 saturated heterocycles. The number of hydrogen-bond donors (Lipinski definition) is 3. The fourth-order valence-corrected chi connectivity index (χ4v) is 4.37. The van der Waals surface area contributed by atoms with Crippen LogP contribution in [0.1, 0.15) is 34.1 Å². The predicted octanol–water partition coefficient (Wildman–Crippen LogP) is 4.81.